The fourth-order valence-corrected chi connectivity index (χ4v) is 3.91. The Balaban J connectivity index is 1.80. The first-order chi connectivity index (χ1) is 14.1. The van der Waals surface area contributed by atoms with Gasteiger partial charge in [-0.25, -0.2) is 8.42 Å². The van der Waals surface area contributed by atoms with Crippen molar-refractivity contribution in [2.45, 2.75) is 26.0 Å². The maximum Gasteiger partial charge on any atom is 0.291 e. The molecule has 0 bridgehead atoms. The first-order valence-corrected chi connectivity index (χ1v) is 11.6. The summed E-state index contributed by atoms with van der Waals surface area (Å²) in [5, 5.41) is 6.11. The predicted molar refractivity (Wildman–Crippen MR) is 117 cm³/mol. The lowest BCUT2D eigenvalue weighted by Gasteiger charge is -2.09. The number of amides is 2. The summed E-state index contributed by atoms with van der Waals surface area (Å²) in [6, 6.07) is 13.6. The van der Waals surface area contributed by atoms with Crippen LogP contribution in [0.1, 0.15) is 36.4 Å². The highest BCUT2D eigenvalue weighted by molar-refractivity contribution is 7.89. The van der Waals surface area contributed by atoms with Crippen molar-refractivity contribution in [3.8, 4) is 0 Å². The normalized spacial score (nSPS) is 11.6. The highest BCUT2D eigenvalue weighted by Crippen LogP contribution is 2.28. The Kier molecular flexibility index (Phi) is 6.26. The van der Waals surface area contributed by atoms with Crippen LogP contribution >= 0.6 is 0 Å². The number of sulfone groups is 1. The second-order valence-electron chi connectivity index (χ2n) is 7.65. The fourth-order valence-electron chi connectivity index (χ4n) is 3.10. The van der Waals surface area contributed by atoms with Crippen LogP contribution in [0.3, 0.4) is 0 Å². The van der Waals surface area contributed by atoms with E-state index in [1.54, 1.807) is 48.5 Å². The molecule has 1 heterocycles. The maximum absolute atomic E-state index is 12.8. The minimum Gasteiger partial charge on any atom is -0.451 e. The van der Waals surface area contributed by atoms with Gasteiger partial charge in [-0.1, -0.05) is 32.0 Å². The molecule has 7 nitrogen and oxygen atoms in total. The number of nitrogens with one attached hydrogen (secondary N) is 2. The van der Waals surface area contributed by atoms with Crippen molar-refractivity contribution in [3.05, 3.63) is 59.9 Å². The van der Waals surface area contributed by atoms with Gasteiger partial charge in [-0.15, -0.1) is 0 Å². The monoisotopic (exact) mass is 428 g/mol. The van der Waals surface area contributed by atoms with E-state index in [0.29, 0.717) is 34.3 Å². The molecule has 1 aromatic heterocycles. The molecule has 0 atom stereocenters. The van der Waals surface area contributed by atoms with Crippen LogP contribution in [0, 0.1) is 5.92 Å². The molecule has 0 unspecified atom stereocenters. The Morgan fingerprint density at radius 1 is 0.967 bits per heavy atom. The summed E-state index contributed by atoms with van der Waals surface area (Å²) in [5.41, 5.74) is 1.90. The highest BCUT2D eigenvalue weighted by Gasteiger charge is 2.23. The molecule has 0 aliphatic heterocycles. The maximum atomic E-state index is 12.8. The lowest BCUT2D eigenvalue weighted by Crippen LogP contribution is -2.15. The molecule has 0 aliphatic carbocycles. The summed E-state index contributed by atoms with van der Waals surface area (Å²) in [7, 11) is -3.37. The Labute approximate surface area is 175 Å². The van der Waals surface area contributed by atoms with Gasteiger partial charge in [0.05, 0.1) is 5.75 Å². The molecule has 0 spiro atoms. The van der Waals surface area contributed by atoms with Crippen molar-refractivity contribution in [3.63, 3.8) is 0 Å². The van der Waals surface area contributed by atoms with Gasteiger partial charge in [-0.2, -0.15) is 0 Å². The molecular formula is C22H24N2O5S. The molecule has 0 fully saturated rings. The summed E-state index contributed by atoms with van der Waals surface area (Å²) in [6.45, 7) is 3.93. The number of furan rings is 1. The minimum atomic E-state index is -3.37. The van der Waals surface area contributed by atoms with Crippen LogP contribution in [-0.2, 0) is 20.4 Å². The molecular weight excluding hydrogens is 404 g/mol. The number of hydrogen-bond acceptors (Lipinski definition) is 5. The van der Waals surface area contributed by atoms with E-state index in [4.69, 9.17) is 4.42 Å². The molecule has 2 N–H and O–H groups in total. The van der Waals surface area contributed by atoms with Gasteiger partial charge in [0.1, 0.15) is 5.58 Å². The van der Waals surface area contributed by atoms with Crippen molar-refractivity contribution in [2.24, 2.45) is 5.92 Å². The van der Waals surface area contributed by atoms with Gasteiger partial charge in [0.25, 0.3) is 5.91 Å². The van der Waals surface area contributed by atoms with Gasteiger partial charge in [-0.3, -0.25) is 9.59 Å². The number of carbonyl (C=O) groups excluding carboxylic acids is 2. The summed E-state index contributed by atoms with van der Waals surface area (Å²) in [5.74, 6) is -0.687. The van der Waals surface area contributed by atoms with Crippen molar-refractivity contribution in [1.29, 1.82) is 0 Å². The summed E-state index contributed by atoms with van der Waals surface area (Å²) >= 11 is 0. The largest absolute Gasteiger partial charge is 0.451 e. The first-order valence-electron chi connectivity index (χ1n) is 9.52. The first kappa shape index (κ1) is 21.6. The Bertz CT molecular complexity index is 1180. The predicted octanol–water partition coefficient (Wildman–Crippen LogP) is 4.21. The molecule has 30 heavy (non-hydrogen) atoms. The van der Waals surface area contributed by atoms with Gasteiger partial charge < -0.3 is 15.1 Å². The quantitative estimate of drug-likeness (QED) is 0.586. The van der Waals surface area contributed by atoms with Crippen molar-refractivity contribution in [1.82, 2.24) is 0 Å². The van der Waals surface area contributed by atoms with Gasteiger partial charge in [-0.05, 0) is 36.2 Å². The molecule has 8 heteroatoms. The number of para-hydroxylation sites is 1. The molecule has 3 aromatic rings. The van der Waals surface area contributed by atoms with E-state index in [1.165, 1.54) is 0 Å². The van der Waals surface area contributed by atoms with E-state index in [-0.39, 0.29) is 23.3 Å². The zero-order valence-electron chi connectivity index (χ0n) is 17.1. The summed E-state index contributed by atoms with van der Waals surface area (Å²) in [4.78, 5) is 24.7. The summed E-state index contributed by atoms with van der Waals surface area (Å²) < 4.78 is 29.4. The van der Waals surface area contributed by atoms with Crippen molar-refractivity contribution >= 4 is 44.0 Å². The van der Waals surface area contributed by atoms with E-state index in [1.807, 2.05) is 13.8 Å². The van der Waals surface area contributed by atoms with Crippen molar-refractivity contribution in [2.75, 3.05) is 16.9 Å². The Hall–Kier alpha value is -3.13. The highest BCUT2D eigenvalue weighted by atomic mass is 32.2. The average Bonchev–Trinajstić information content (AvgIpc) is 3.00. The van der Waals surface area contributed by atoms with E-state index < -0.39 is 15.7 Å². The number of carbonyl (C=O) groups is 2. The second-order valence-corrected chi connectivity index (χ2v) is 9.79. The van der Waals surface area contributed by atoms with Crippen LogP contribution in [0.25, 0.3) is 11.0 Å². The number of rotatable bonds is 7. The lowest BCUT2D eigenvalue weighted by molar-refractivity contribution is -0.116. The van der Waals surface area contributed by atoms with E-state index in [9.17, 15) is 18.0 Å². The second kappa shape index (κ2) is 8.71. The molecule has 0 aliphatic rings. The number of fused-ring (bicyclic) bond motifs is 1. The zero-order valence-corrected chi connectivity index (χ0v) is 17.9. The molecule has 3 rings (SSSR count). The minimum absolute atomic E-state index is 0.0315. The van der Waals surface area contributed by atoms with Crippen LogP contribution in [0.5, 0.6) is 0 Å². The van der Waals surface area contributed by atoms with Crippen LogP contribution in [0.15, 0.2) is 52.9 Å². The lowest BCUT2D eigenvalue weighted by atomic mass is 10.1. The number of anilines is 2. The van der Waals surface area contributed by atoms with Gasteiger partial charge in [0, 0.05) is 35.0 Å². The van der Waals surface area contributed by atoms with Crippen LogP contribution < -0.4 is 10.6 Å². The molecule has 2 amide bonds. The van der Waals surface area contributed by atoms with Crippen LogP contribution in [-0.4, -0.2) is 26.5 Å². The topological polar surface area (TPSA) is 105 Å². The third-order valence-electron chi connectivity index (χ3n) is 4.33. The Morgan fingerprint density at radius 3 is 2.17 bits per heavy atom. The molecule has 158 valence electrons. The third kappa shape index (κ3) is 5.48. The van der Waals surface area contributed by atoms with Crippen LogP contribution in [0.4, 0.5) is 11.4 Å². The standard InChI is InChI=1S/C22H24N2O5S/c1-14(2)12-20(25)23-15-8-10-16(11-9-15)24-22(26)21-18(13-30(3,27)28)17-6-4-5-7-19(17)29-21/h4-11,14H,12-13H2,1-3H3,(H,23,25)(H,24,26). The summed E-state index contributed by atoms with van der Waals surface area (Å²) in [6.07, 6.45) is 1.54. The smallest absolute Gasteiger partial charge is 0.291 e. The van der Waals surface area contributed by atoms with Gasteiger partial charge >= 0.3 is 0 Å². The van der Waals surface area contributed by atoms with Gasteiger partial charge in [0.15, 0.2) is 15.6 Å². The van der Waals surface area contributed by atoms with E-state index >= 15 is 0 Å². The SMILES string of the molecule is CC(C)CC(=O)Nc1ccc(NC(=O)c2oc3ccccc3c2CS(C)(=O)=O)cc1. The van der Waals surface area contributed by atoms with Crippen LogP contribution in [0.2, 0.25) is 0 Å². The fraction of sp³-hybridized carbons (Fsp3) is 0.273. The van der Waals surface area contributed by atoms with Crippen molar-refractivity contribution < 1.29 is 22.4 Å². The number of benzene rings is 2. The molecule has 2 aromatic carbocycles. The van der Waals surface area contributed by atoms with E-state index in [2.05, 4.69) is 10.6 Å². The third-order valence-corrected chi connectivity index (χ3v) is 5.14. The number of hydrogen-bond donors (Lipinski definition) is 2. The zero-order chi connectivity index (χ0) is 21.9. The molecule has 0 saturated heterocycles. The Morgan fingerprint density at radius 2 is 1.57 bits per heavy atom. The molecule has 0 radical (unpaired) electrons. The van der Waals surface area contributed by atoms with Gasteiger partial charge in [0.2, 0.25) is 5.91 Å². The van der Waals surface area contributed by atoms with E-state index in [0.717, 1.165) is 6.26 Å². The molecule has 0 saturated carbocycles. The average molecular weight is 429 g/mol.